The van der Waals surface area contributed by atoms with Gasteiger partial charge in [-0.25, -0.2) is 8.42 Å². The van der Waals surface area contributed by atoms with Crippen molar-refractivity contribution in [2.75, 3.05) is 17.9 Å². The molecule has 3 aromatic rings. The molecule has 0 saturated carbocycles. The van der Waals surface area contributed by atoms with E-state index in [1.807, 2.05) is 27.8 Å². The highest BCUT2D eigenvalue weighted by atomic mass is 32.2. The van der Waals surface area contributed by atoms with Crippen molar-refractivity contribution in [3.05, 3.63) is 65.0 Å². The summed E-state index contributed by atoms with van der Waals surface area (Å²) in [5, 5.41) is 7.36. The van der Waals surface area contributed by atoms with E-state index in [-0.39, 0.29) is 22.5 Å². The number of benzene rings is 2. The Morgan fingerprint density at radius 3 is 2.52 bits per heavy atom. The molecule has 0 fully saturated rings. The van der Waals surface area contributed by atoms with Crippen LogP contribution in [0.15, 0.2) is 47.4 Å². The molecule has 33 heavy (non-hydrogen) atoms. The van der Waals surface area contributed by atoms with E-state index in [1.165, 1.54) is 18.2 Å². The average molecular weight is 471 g/mol. The van der Waals surface area contributed by atoms with Gasteiger partial charge in [0, 0.05) is 35.6 Å². The second-order valence-electron chi connectivity index (χ2n) is 7.90. The first kappa shape index (κ1) is 22.7. The fourth-order valence-corrected chi connectivity index (χ4v) is 4.96. The lowest BCUT2D eigenvalue weighted by molar-refractivity contribution is 0.0939. The molecule has 1 unspecified atom stereocenters. The fourth-order valence-electron chi connectivity index (χ4n) is 3.90. The standard InChI is InChI=1S/C23H26N4O5S/c1-14(22-15(2)25-27(4)16(22)3)24-23(28)17-6-5-7-18(12-17)26-33(29,30)19-8-9-20-21(13-19)32-11-10-31-20/h5-9,12-14,26H,10-11H2,1-4H3,(H,24,28). The van der Waals surface area contributed by atoms with Gasteiger partial charge in [-0.05, 0) is 51.1 Å². The van der Waals surface area contributed by atoms with Crippen LogP contribution in [0.4, 0.5) is 5.69 Å². The Labute approximate surface area is 192 Å². The molecule has 9 nitrogen and oxygen atoms in total. The van der Waals surface area contributed by atoms with Crippen LogP contribution < -0.4 is 19.5 Å². The van der Waals surface area contributed by atoms with E-state index >= 15 is 0 Å². The Morgan fingerprint density at radius 1 is 1.09 bits per heavy atom. The Kier molecular flexibility index (Phi) is 6.03. The SMILES string of the molecule is Cc1nn(C)c(C)c1C(C)NC(=O)c1cccc(NS(=O)(=O)c2ccc3c(c2)OCCO3)c1. The van der Waals surface area contributed by atoms with Crippen molar-refractivity contribution < 1.29 is 22.7 Å². The van der Waals surface area contributed by atoms with E-state index in [1.54, 1.807) is 28.9 Å². The zero-order chi connectivity index (χ0) is 23.8. The van der Waals surface area contributed by atoms with Crippen LogP contribution in [0.2, 0.25) is 0 Å². The minimum atomic E-state index is -3.89. The van der Waals surface area contributed by atoms with E-state index in [0.29, 0.717) is 30.3 Å². The molecule has 1 atom stereocenters. The molecule has 2 N–H and O–H groups in total. The van der Waals surface area contributed by atoms with Crippen LogP contribution in [0.1, 0.15) is 40.3 Å². The van der Waals surface area contributed by atoms with Gasteiger partial charge in [0.1, 0.15) is 13.2 Å². The topological polar surface area (TPSA) is 112 Å². The second kappa shape index (κ2) is 8.78. The zero-order valence-corrected chi connectivity index (χ0v) is 19.7. The highest BCUT2D eigenvalue weighted by molar-refractivity contribution is 7.92. The van der Waals surface area contributed by atoms with Crippen LogP contribution in [0.25, 0.3) is 0 Å². The number of hydrogen-bond donors (Lipinski definition) is 2. The van der Waals surface area contributed by atoms with Crippen LogP contribution in [-0.4, -0.2) is 37.3 Å². The van der Waals surface area contributed by atoms with Gasteiger partial charge in [-0.2, -0.15) is 5.10 Å². The van der Waals surface area contributed by atoms with Gasteiger partial charge in [0.05, 0.1) is 16.6 Å². The number of amides is 1. The van der Waals surface area contributed by atoms with E-state index in [9.17, 15) is 13.2 Å². The predicted octanol–water partition coefficient (Wildman–Crippen LogP) is 3.10. The smallest absolute Gasteiger partial charge is 0.262 e. The number of nitrogens with zero attached hydrogens (tertiary/aromatic N) is 2. The summed E-state index contributed by atoms with van der Waals surface area (Å²) >= 11 is 0. The maximum Gasteiger partial charge on any atom is 0.262 e. The summed E-state index contributed by atoms with van der Waals surface area (Å²) in [4.78, 5) is 12.9. The highest BCUT2D eigenvalue weighted by Crippen LogP contribution is 2.32. The minimum Gasteiger partial charge on any atom is -0.486 e. The molecule has 0 radical (unpaired) electrons. The molecule has 0 bridgehead atoms. The number of aryl methyl sites for hydroxylation is 2. The number of anilines is 1. The van der Waals surface area contributed by atoms with Crippen LogP contribution in [0.5, 0.6) is 11.5 Å². The molecular formula is C23H26N4O5S. The van der Waals surface area contributed by atoms with Gasteiger partial charge >= 0.3 is 0 Å². The lowest BCUT2D eigenvalue weighted by Gasteiger charge is -2.19. The third-order valence-corrected chi connectivity index (χ3v) is 6.93. The molecular weight excluding hydrogens is 444 g/mol. The van der Waals surface area contributed by atoms with Crippen molar-refractivity contribution >= 4 is 21.6 Å². The van der Waals surface area contributed by atoms with Gasteiger partial charge in [-0.1, -0.05) is 6.07 Å². The lowest BCUT2D eigenvalue weighted by atomic mass is 10.1. The van der Waals surface area contributed by atoms with Crippen LogP contribution in [0.3, 0.4) is 0 Å². The van der Waals surface area contributed by atoms with E-state index in [2.05, 4.69) is 15.1 Å². The summed E-state index contributed by atoms with van der Waals surface area (Å²) < 4.78 is 41.0. The fraction of sp³-hybridized carbons (Fsp3) is 0.304. The first-order valence-corrected chi connectivity index (χ1v) is 12.0. The zero-order valence-electron chi connectivity index (χ0n) is 18.9. The normalized spacial score (nSPS) is 13.9. The Hall–Kier alpha value is -3.53. The monoisotopic (exact) mass is 470 g/mol. The van der Waals surface area contributed by atoms with Gasteiger partial charge < -0.3 is 14.8 Å². The van der Waals surface area contributed by atoms with Crippen LogP contribution in [-0.2, 0) is 17.1 Å². The Balaban J connectivity index is 1.51. The van der Waals surface area contributed by atoms with E-state index in [0.717, 1.165) is 17.0 Å². The number of rotatable bonds is 6. The molecule has 1 aliphatic rings. The molecule has 1 aromatic heterocycles. The van der Waals surface area contributed by atoms with Crippen molar-refractivity contribution in [1.82, 2.24) is 15.1 Å². The van der Waals surface area contributed by atoms with E-state index < -0.39 is 10.0 Å². The minimum absolute atomic E-state index is 0.0396. The number of fused-ring (bicyclic) bond motifs is 1. The van der Waals surface area contributed by atoms with Crippen molar-refractivity contribution in [1.29, 1.82) is 0 Å². The van der Waals surface area contributed by atoms with Gasteiger partial charge in [-0.3, -0.25) is 14.2 Å². The number of sulfonamides is 1. The number of carbonyl (C=O) groups excluding carboxylic acids is 1. The van der Waals surface area contributed by atoms with Gasteiger partial charge in [-0.15, -0.1) is 0 Å². The summed E-state index contributed by atoms with van der Waals surface area (Å²) in [7, 11) is -2.03. The summed E-state index contributed by atoms with van der Waals surface area (Å²) in [6.45, 7) is 6.52. The second-order valence-corrected chi connectivity index (χ2v) is 9.58. The number of carbonyl (C=O) groups is 1. The lowest BCUT2D eigenvalue weighted by Crippen LogP contribution is -2.27. The van der Waals surface area contributed by atoms with Crippen molar-refractivity contribution in [3.8, 4) is 11.5 Å². The molecule has 0 aliphatic carbocycles. The quantitative estimate of drug-likeness (QED) is 0.573. The number of ether oxygens (including phenoxy) is 2. The summed E-state index contributed by atoms with van der Waals surface area (Å²) in [6, 6.07) is 10.5. The van der Waals surface area contributed by atoms with Crippen molar-refractivity contribution in [2.24, 2.45) is 7.05 Å². The Bertz CT molecular complexity index is 1320. The highest BCUT2D eigenvalue weighted by Gasteiger charge is 2.21. The first-order valence-electron chi connectivity index (χ1n) is 10.5. The molecule has 1 aliphatic heterocycles. The van der Waals surface area contributed by atoms with Crippen LogP contribution in [0, 0.1) is 13.8 Å². The predicted molar refractivity (Wildman–Crippen MR) is 123 cm³/mol. The van der Waals surface area contributed by atoms with E-state index in [4.69, 9.17) is 9.47 Å². The average Bonchev–Trinajstić information content (AvgIpc) is 3.04. The molecule has 0 spiro atoms. The maximum atomic E-state index is 12.9. The maximum absolute atomic E-state index is 12.9. The van der Waals surface area contributed by atoms with Crippen LogP contribution >= 0.6 is 0 Å². The Morgan fingerprint density at radius 2 is 1.82 bits per heavy atom. The van der Waals surface area contributed by atoms with Crippen molar-refractivity contribution in [2.45, 2.75) is 31.7 Å². The largest absolute Gasteiger partial charge is 0.486 e. The summed E-state index contributed by atoms with van der Waals surface area (Å²) in [6.07, 6.45) is 0. The molecule has 0 saturated heterocycles. The van der Waals surface area contributed by atoms with Gasteiger partial charge in [0.25, 0.3) is 15.9 Å². The molecule has 1 amide bonds. The van der Waals surface area contributed by atoms with Gasteiger partial charge in [0.15, 0.2) is 11.5 Å². The molecule has 2 aromatic carbocycles. The molecule has 174 valence electrons. The molecule has 10 heteroatoms. The number of nitrogens with one attached hydrogen (secondary N) is 2. The molecule has 2 heterocycles. The van der Waals surface area contributed by atoms with Crippen molar-refractivity contribution in [3.63, 3.8) is 0 Å². The third kappa shape index (κ3) is 4.65. The van der Waals surface area contributed by atoms with Gasteiger partial charge in [0.2, 0.25) is 0 Å². The first-order chi connectivity index (χ1) is 15.7. The third-order valence-electron chi connectivity index (χ3n) is 5.55. The number of aromatic nitrogens is 2. The summed E-state index contributed by atoms with van der Waals surface area (Å²) in [5.41, 5.74) is 3.40. The summed E-state index contributed by atoms with van der Waals surface area (Å²) in [5.74, 6) is 0.574. The molecule has 4 rings (SSSR count). The number of hydrogen-bond acceptors (Lipinski definition) is 6.